The number of ether oxygens (including phenoxy) is 1. The van der Waals surface area contributed by atoms with Crippen molar-refractivity contribution in [3.63, 3.8) is 0 Å². The van der Waals surface area contributed by atoms with Crippen molar-refractivity contribution in [2.75, 3.05) is 79.5 Å². The fourth-order valence-corrected chi connectivity index (χ4v) is 11.2. The SMILES string of the molecule is CC(C)C[C@@H]1NC(=O)[C@@H](N(C)C(=O)C(CCC(=O)N(C)C)NC(=O)[C@@H]2C[C@@H](F)CN2C(=O)C2(C(F)(F)F)CC(F)(F)C2)CCCCCCCN(C)C(=O)[C@H](Cc2cc(Cl)ccc2-c2ccc(N3CCOCC3)cc2)N(C)C1=O. The minimum atomic E-state index is -5.46. The minimum Gasteiger partial charge on any atom is -0.378 e. The maximum absolute atomic E-state index is 15.1. The van der Waals surface area contributed by atoms with Crippen molar-refractivity contribution < 1.29 is 64.6 Å². The number of carbonyl (C=O) groups excluding carboxylic acids is 7. The number of benzene rings is 2. The van der Waals surface area contributed by atoms with E-state index in [4.69, 9.17) is 16.3 Å². The molecule has 78 heavy (non-hydrogen) atoms. The monoisotopic (exact) mass is 1120 g/mol. The van der Waals surface area contributed by atoms with E-state index in [0.717, 1.165) is 34.8 Å². The lowest BCUT2D eigenvalue weighted by Gasteiger charge is -2.48. The van der Waals surface area contributed by atoms with E-state index in [0.29, 0.717) is 67.3 Å². The second-order valence-corrected chi connectivity index (χ2v) is 22.5. The summed E-state index contributed by atoms with van der Waals surface area (Å²) in [5, 5.41) is 5.71. The Balaban J connectivity index is 1.28. The molecule has 2 aromatic rings. The van der Waals surface area contributed by atoms with E-state index in [2.05, 4.69) is 15.5 Å². The molecule has 3 aliphatic heterocycles. The third kappa shape index (κ3) is 14.8. The predicted molar refractivity (Wildman–Crippen MR) is 281 cm³/mol. The molecule has 0 aromatic heterocycles. The zero-order valence-corrected chi connectivity index (χ0v) is 46.4. The molecule has 0 bridgehead atoms. The van der Waals surface area contributed by atoms with E-state index in [-0.39, 0.29) is 37.5 Å². The summed E-state index contributed by atoms with van der Waals surface area (Å²) in [5.74, 6) is -10.2. The third-order valence-corrected chi connectivity index (χ3v) is 15.8. The van der Waals surface area contributed by atoms with Crippen molar-refractivity contribution in [1.29, 1.82) is 0 Å². The van der Waals surface area contributed by atoms with Gasteiger partial charge < -0.3 is 44.8 Å². The van der Waals surface area contributed by atoms with Gasteiger partial charge in [0, 0.05) is 97.7 Å². The maximum atomic E-state index is 15.1. The summed E-state index contributed by atoms with van der Waals surface area (Å²) in [6.45, 7) is 5.84. The molecular weight excluding hydrogens is 1050 g/mol. The Morgan fingerprint density at radius 1 is 0.897 bits per heavy atom. The van der Waals surface area contributed by atoms with Crippen LogP contribution in [0, 0.1) is 11.3 Å². The standard InChI is InChI=1S/C55H75ClF6N8O8/c1-34(2)27-42-50(75)68(7)45(29-36-28-37(56)16-19-40(36)35-14-17-39(18-15-35)69-23-25-78-26-24-69)51(76)66(5)22-12-10-8-9-11-13-43(47(72)64-42)67(6)49(74)41(20-21-46(71)65(3)4)63-48(73)44-30-38(57)31-70(44)52(77)53(55(60,61)62)32-54(58,59)33-53/h14-19,28,34,38,41-45H,8-13,20-27,29-33H2,1-7H3,(H,63,73)(H,64,72)/t38-,41?,42+,43+,44+,45+/m1/s1. The van der Waals surface area contributed by atoms with Gasteiger partial charge in [-0.25, -0.2) is 13.2 Å². The molecule has 16 nitrogen and oxygen atoms in total. The molecule has 4 fully saturated rings. The van der Waals surface area contributed by atoms with Gasteiger partial charge in [-0.05, 0) is 72.6 Å². The highest BCUT2D eigenvalue weighted by atomic mass is 35.5. The molecule has 3 saturated heterocycles. The van der Waals surface area contributed by atoms with Gasteiger partial charge in [-0.15, -0.1) is 0 Å². The molecule has 1 aliphatic carbocycles. The van der Waals surface area contributed by atoms with Crippen molar-refractivity contribution in [2.45, 2.75) is 146 Å². The number of halogens is 7. The molecule has 2 aromatic carbocycles. The first-order valence-electron chi connectivity index (χ1n) is 26.8. The summed E-state index contributed by atoms with van der Waals surface area (Å²) in [7, 11) is 7.38. The Bertz CT molecular complexity index is 2470. The highest BCUT2D eigenvalue weighted by molar-refractivity contribution is 6.30. The molecule has 6 rings (SSSR count). The van der Waals surface area contributed by atoms with Crippen LogP contribution in [0.5, 0.6) is 0 Å². The second-order valence-electron chi connectivity index (χ2n) is 22.1. The number of likely N-dealkylation sites (tertiary alicyclic amines) is 1. The summed E-state index contributed by atoms with van der Waals surface area (Å²) in [5.41, 5.74) is -0.158. The molecule has 432 valence electrons. The molecule has 6 atom stereocenters. The van der Waals surface area contributed by atoms with Gasteiger partial charge in [0.15, 0.2) is 5.41 Å². The largest absolute Gasteiger partial charge is 0.403 e. The summed E-state index contributed by atoms with van der Waals surface area (Å²) in [4.78, 5) is 108. The fourth-order valence-electron chi connectivity index (χ4n) is 11.0. The number of rotatable bonds is 14. The van der Waals surface area contributed by atoms with Gasteiger partial charge in [-0.3, -0.25) is 33.6 Å². The zero-order valence-electron chi connectivity index (χ0n) is 45.6. The lowest BCUT2D eigenvalue weighted by Crippen LogP contribution is -2.65. The van der Waals surface area contributed by atoms with Crippen LogP contribution in [0.3, 0.4) is 0 Å². The molecule has 0 spiro atoms. The summed E-state index contributed by atoms with van der Waals surface area (Å²) in [6, 6.07) is 6.25. The fraction of sp³-hybridized carbons (Fsp3) is 0.655. The van der Waals surface area contributed by atoms with E-state index in [1.165, 1.54) is 38.0 Å². The Hall–Kier alpha value is -5.64. The Morgan fingerprint density at radius 3 is 2.15 bits per heavy atom. The first-order chi connectivity index (χ1) is 36.6. The topological polar surface area (TPSA) is 172 Å². The van der Waals surface area contributed by atoms with Gasteiger partial charge in [0.1, 0.15) is 36.4 Å². The van der Waals surface area contributed by atoms with E-state index < -0.39 is 122 Å². The lowest BCUT2D eigenvalue weighted by atomic mass is 9.64. The number of nitrogens with one attached hydrogen (secondary N) is 2. The molecule has 4 aliphatic rings. The minimum absolute atomic E-state index is 0.0517. The van der Waals surface area contributed by atoms with Crippen LogP contribution in [0.1, 0.15) is 96.5 Å². The maximum Gasteiger partial charge on any atom is 0.403 e. The molecule has 3 heterocycles. The number of morpholine rings is 1. The van der Waals surface area contributed by atoms with E-state index in [1.807, 2.05) is 44.2 Å². The van der Waals surface area contributed by atoms with E-state index in [9.17, 15) is 50.7 Å². The Morgan fingerprint density at radius 2 is 1.54 bits per heavy atom. The van der Waals surface area contributed by atoms with Crippen LogP contribution >= 0.6 is 11.6 Å². The Labute approximate surface area is 457 Å². The highest BCUT2D eigenvalue weighted by Crippen LogP contribution is 2.61. The van der Waals surface area contributed by atoms with Crippen LogP contribution in [0.15, 0.2) is 42.5 Å². The lowest BCUT2D eigenvalue weighted by molar-refractivity contribution is -0.299. The molecular formula is C55H75ClF6N8O8. The number of carbonyl (C=O) groups is 7. The number of nitrogens with zero attached hydrogens (tertiary/aromatic N) is 6. The van der Waals surface area contributed by atoms with Gasteiger partial charge in [-0.2, -0.15) is 13.2 Å². The van der Waals surface area contributed by atoms with Crippen molar-refractivity contribution >= 4 is 58.6 Å². The summed E-state index contributed by atoms with van der Waals surface area (Å²) >= 11 is 6.64. The van der Waals surface area contributed by atoms with Gasteiger partial charge >= 0.3 is 6.18 Å². The summed E-state index contributed by atoms with van der Waals surface area (Å²) in [6.07, 6.45) is -9.57. The number of amides is 7. The quantitative estimate of drug-likeness (QED) is 0.197. The number of alkyl halides is 6. The van der Waals surface area contributed by atoms with Crippen molar-refractivity contribution in [3.8, 4) is 11.1 Å². The van der Waals surface area contributed by atoms with Gasteiger partial charge in [0.2, 0.25) is 41.4 Å². The number of anilines is 1. The van der Waals surface area contributed by atoms with Gasteiger partial charge in [0.05, 0.1) is 19.8 Å². The second kappa shape index (κ2) is 26.1. The average molecular weight is 1130 g/mol. The molecule has 2 N–H and O–H groups in total. The first-order valence-corrected chi connectivity index (χ1v) is 27.2. The molecule has 0 radical (unpaired) electrons. The van der Waals surface area contributed by atoms with Crippen molar-refractivity contribution in [3.05, 3.63) is 53.1 Å². The van der Waals surface area contributed by atoms with Crippen LogP contribution in [-0.2, 0) is 44.7 Å². The molecule has 1 unspecified atom stereocenters. The van der Waals surface area contributed by atoms with Crippen LogP contribution < -0.4 is 15.5 Å². The first kappa shape index (κ1) is 61.6. The normalized spacial score (nSPS) is 24.1. The number of hydrogen-bond acceptors (Lipinski definition) is 9. The molecule has 7 amide bonds. The van der Waals surface area contributed by atoms with E-state index in [1.54, 1.807) is 24.1 Å². The van der Waals surface area contributed by atoms with Crippen LogP contribution in [0.25, 0.3) is 11.1 Å². The third-order valence-electron chi connectivity index (χ3n) is 15.6. The number of likely N-dealkylation sites (N-methyl/N-ethyl adjacent to an activating group) is 3. The van der Waals surface area contributed by atoms with E-state index >= 15 is 9.18 Å². The molecule has 1 saturated carbocycles. The molecule has 23 heteroatoms. The predicted octanol–water partition coefficient (Wildman–Crippen LogP) is 6.65. The van der Waals surface area contributed by atoms with Crippen molar-refractivity contribution in [2.24, 2.45) is 11.3 Å². The van der Waals surface area contributed by atoms with Crippen LogP contribution in [0.4, 0.5) is 32.0 Å². The Kier molecular flexibility index (Phi) is 20.6. The van der Waals surface area contributed by atoms with Crippen LogP contribution in [-0.4, -0.2) is 189 Å². The summed E-state index contributed by atoms with van der Waals surface area (Å²) < 4.78 is 91.7. The van der Waals surface area contributed by atoms with Gasteiger partial charge in [-0.1, -0.05) is 69.3 Å². The zero-order chi connectivity index (χ0) is 57.4. The van der Waals surface area contributed by atoms with Gasteiger partial charge in [0.25, 0.3) is 5.92 Å². The number of hydrogen-bond donors (Lipinski definition) is 2. The van der Waals surface area contributed by atoms with Crippen molar-refractivity contribution in [1.82, 2.24) is 35.1 Å². The smallest absolute Gasteiger partial charge is 0.378 e. The highest BCUT2D eigenvalue weighted by Gasteiger charge is 2.75. The van der Waals surface area contributed by atoms with Crippen LogP contribution in [0.2, 0.25) is 5.02 Å². The average Bonchev–Trinajstić information content (AvgIpc) is 3.81.